The molecule has 3 nitrogen and oxygen atoms in total. The fourth-order valence-corrected chi connectivity index (χ4v) is 3.40. The lowest BCUT2D eigenvalue weighted by molar-refractivity contribution is 0.198. The van der Waals surface area contributed by atoms with E-state index in [1.165, 1.54) is 11.1 Å². The zero-order chi connectivity index (χ0) is 16.1. The minimum atomic E-state index is 0.269. The summed E-state index contributed by atoms with van der Waals surface area (Å²) in [4.78, 5) is 2.55. The second-order valence-corrected chi connectivity index (χ2v) is 6.66. The molecule has 1 atom stereocenters. The number of nitrogens with zero attached hydrogens (tertiary/aromatic N) is 1. The predicted molar refractivity (Wildman–Crippen MR) is 98.0 cm³/mol. The summed E-state index contributed by atoms with van der Waals surface area (Å²) in [6.45, 7) is 6.91. The summed E-state index contributed by atoms with van der Waals surface area (Å²) in [7, 11) is 0. The van der Waals surface area contributed by atoms with E-state index in [1.807, 2.05) is 13.0 Å². The summed E-state index contributed by atoms with van der Waals surface area (Å²) in [6.07, 6.45) is 0. The molecular formula is C19H23BrN2O. The first-order valence-corrected chi connectivity index (χ1v) is 9.00. The van der Waals surface area contributed by atoms with Gasteiger partial charge in [0.15, 0.2) is 0 Å². The van der Waals surface area contributed by atoms with Crippen LogP contribution in [0.5, 0.6) is 5.75 Å². The van der Waals surface area contributed by atoms with Gasteiger partial charge in [-0.2, -0.15) is 0 Å². The van der Waals surface area contributed by atoms with Gasteiger partial charge in [0.05, 0.1) is 12.6 Å². The molecular weight excluding hydrogens is 352 g/mol. The van der Waals surface area contributed by atoms with Crippen LogP contribution < -0.4 is 10.1 Å². The Morgan fingerprint density at radius 1 is 1.09 bits per heavy atom. The maximum absolute atomic E-state index is 5.70. The van der Waals surface area contributed by atoms with E-state index in [1.54, 1.807) is 0 Å². The van der Waals surface area contributed by atoms with E-state index < -0.39 is 0 Å². The number of benzene rings is 2. The summed E-state index contributed by atoms with van der Waals surface area (Å²) in [5, 5.41) is 3.44. The molecule has 23 heavy (non-hydrogen) atoms. The van der Waals surface area contributed by atoms with Crippen LogP contribution in [0, 0.1) is 0 Å². The normalized spacial score (nSPS) is 17.0. The van der Waals surface area contributed by atoms with Gasteiger partial charge in [-0.1, -0.05) is 40.2 Å². The van der Waals surface area contributed by atoms with E-state index >= 15 is 0 Å². The monoisotopic (exact) mass is 374 g/mol. The molecule has 1 heterocycles. The molecule has 1 fully saturated rings. The van der Waals surface area contributed by atoms with Gasteiger partial charge in [0.1, 0.15) is 5.75 Å². The molecule has 2 aromatic carbocycles. The van der Waals surface area contributed by atoms with E-state index in [9.17, 15) is 0 Å². The largest absolute Gasteiger partial charge is 0.494 e. The quantitative estimate of drug-likeness (QED) is 0.860. The lowest BCUT2D eigenvalue weighted by Crippen LogP contribution is -2.45. The highest BCUT2D eigenvalue weighted by Crippen LogP contribution is 2.31. The number of rotatable bonds is 5. The molecule has 0 aromatic heterocycles. The first-order valence-electron chi connectivity index (χ1n) is 8.21. The van der Waals surface area contributed by atoms with Crippen molar-refractivity contribution < 1.29 is 4.74 Å². The predicted octanol–water partition coefficient (Wildman–Crippen LogP) is 3.84. The second-order valence-electron chi connectivity index (χ2n) is 5.75. The lowest BCUT2D eigenvalue weighted by Gasteiger charge is -2.35. The van der Waals surface area contributed by atoms with Crippen molar-refractivity contribution in [3.63, 3.8) is 0 Å². The molecule has 0 saturated carbocycles. The van der Waals surface area contributed by atoms with Crippen LogP contribution >= 0.6 is 15.9 Å². The average Bonchev–Trinajstić information content (AvgIpc) is 2.59. The van der Waals surface area contributed by atoms with Crippen molar-refractivity contribution in [1.82, 2.24) is 10.2 Å². The Hall–Kier alpha value is -1.36. The Labute approximate surface area is 146 Å². The van der Waals surface area contributed by atoms with Crippen molar-refractivity contribution in [2.24, 2.45) is 0 Å². The van der Waals surface area contributed by atoms with Crippen LogP contribution in [0.15, 0.2) is 53.0 Å². The fourth-order valence-electron chi connectivity index (χ4n) is 3.14. The van der Waals surface area contributed by atoms with Crippen LogP contribution in [0.2, 0.25) is 0 Å². The number of hydrogen-bond acceptors (Lipinski definition) is 3. The smallest absolute Gasteiger partial charge is 0.119 e. The van der Waals surface area contributed by atoms with Gasteiger partial charge in [0.2, 0.25) is 0 Å². The molecule has 0 aliphatic carbocycles. The number of ether oxygens (including phenoxy) is 1. The van der Waals surface area contributed by atoms with Crippen LogP contribution in [0.4, 0.5) is 0 Å². The van der Waals surface area contributed by atoms with Crippen LogP contribution in [-0.4, -0.2) is 37.7 Å². The summed E-state index contributed by atoms with van der Waals surface area (Å²) in [6, 6.07) is 17.4. The van der Waals surface area contributed by atoms with Crippen molar-refractivity contribution in [2.75, 3.05) is 32.8 Å². The van der Waals surface area contributed by atoms with E-state index in [0.29, 0.717) is 6.61 Å². The van der Waals surface area contributed by atoms with Gasteiger partial charge in [0, 0.05) is 30.7 Å². The molecule has 3 rings (SSSR count). The second kappa shape index (κ2) is 7.95. The number of halogens is 1. The topological polar surface area (TPSA) is 24.5 Å². The molecule has 2 aromatic rings. The maximum Gasteiger partial charge on any atom is 0.119 e. The average molecular weight is 375 g/mol. The third-order valence-corrected chi connectivity index (χ3v) is 4.72. The molecule has 4 heteroatoms. The minimum absolute atomic E-state index is 0.269. The van der Waals surface area contributed by atoms with Crippen LogP contribution in [0.1, 0.15) is 24.1 Å². The standard InChI is InChI=1S/C19H23BrN2O/c1-2-23-18-5-3-4-16(14-18)19(22-12-10-21-11-13-22)15-6-8-17(20)9-7-15/h3-9,14,19,21H,2,10-13H2,1H3. The fraction of sp³-hybridized carbons (Fsp3) is 0.368. The number of piperazine rings is 1. The van der Waals surface area contributed by atoms with E-state index in [2.05, 4.69) is 68.6 Å². The van der Waals surface area contributed by atoms with E-state index in [0.717, 1.165) is 36.4 Å². The number of hydrogen-bond donors (Lipinski definition) is 1. The summed E-state index contributed by atoms with van der Waals surface area (Å²) in [5.41, 5.74) is 2.61. The molecule has 0 radical (unpaired) electrons. The van der Waals surface area contributed by atoms with Gasteiger partial charge in [0.25, 0.3) is 0 Å². The highest BCUT2D eigenvalue weighted by atomic mass is 79.9. The third-order valence-electron chi connectivity index (χ3n) is 4.19. The van der Waals surface area contributed by atoms with Crippen LogP contribution in [0.25, 0.3) is 0 Å². The molecule has 0 amide bonds. The zero-order valence-corrected chi connectivity index (χ0v) is 15.1. The van der Waals surface area contributed by atoms with Crippen molar-refractivity contribution in [3.05, 3.63) is 64.1 Å². The van der Waals surface area contributed by atoms with Crippen LogP contribution in [-0.2, 0) is 0 Å². The minimum Gasteiger partial charge on any atom is -0.494 e. The summed E-state index contributed by atoms with van der Waals surface area (Å²) in [5.74, 6) is 0.947. The summed E-state index contributed by atoms with van der Waals surface area (Å²) < 4.78 is 6.81. The molecule has 1 aliphatic heterocycles. The van der Waals surface area contributed by atoms with Crippen molar-refractivity contribution in [2.45, 2.75) is 13.0 Å². The van der Waals surface area contributed by atoms with Crippen LogP contribution in [0.3, 0.4) is 0 Å². The van der Waals surface area contributed by atoms with Gasteiger partial charge in [-0.3, -0.25) is 4.90 Å². The van der Waals surface area contributed by atoms with E-state index in [4.69, 9.17) is 4.74 Å². The first-order chi connectivity index (χ1) is 11.3. The highest BCUT2D eigenvalue weighted by molar-refractivity contribution is 9.10. The zero-order valence-electron chi connectivity index (χ0n) is 13.5. The molecule has 1 N–H and O–H groups in total. The first kappa shape index (κ1) is 16.5. The highest BCUT2D eigenvalue weighted by Gasteiger charge is 2.24. The SMILES string of the molecule is CCOc1cccc(C(c2ccc(Br)cc2)N2CCNCC2)c1. The Kier molecular flexibility index (Phi) is 5.70. The number of nitrogens with one attached hydrogen (secondary N) is 1. The Morgan fingerprint density at radius 2 is 1.83 bits per heavy atom. The van der Waals surface area contributed by atoms with Crippen molar-refractivity contribution in [1.29, 1.82) is 0 Å². The van der Waals surface area contributed by atoms with Gasteiger partial charge in [-0.05, 0) is 42.3 Å². The maximum atomic E-state index is 5.70. The van der Waals surface area contributed by atoms with E-state index in [-0.39, 0.29) is 6.04 Å². The molecule has 122 valence electrons. The summed E-state index contributed by atoms with van der Waals surface area (Å²) >= 11 is 3.54. The Bertz CT molecular complexity index is 624. The van der Waals surface area contributed by atoms with Gasteiger partial charge in [-0.15, -0.1) is 0 Å². The Balaban J connectivity index is 1.96. The molecule has 1 unspecified atom stereocenters. The Morgan fingerprint density at radius 3 is 2.52 bits per heavy atom. The van der Waals surface area contributed by atoms with Gasteiger partial charge >= 0.3 is 0 Å². The molecule has 0 bridgehead atoms. The molecule has 1 saturated heterocycles. The molecule has 0 spiro atoms. The van der Waals surface area contributed by atoms with Gasteiger partial charge < -0.3 is 10.1 Å². The lowest BCUT2D eigenvalue weighted by atomic mass is 9.96. The van der Waals surface area contributed by atoms with Crippen molar-refractivity contribution in [3.8, 4) is 5.75 Å². The van der Waals surface area contributed by atoms with Gasteiger partial charge in [-0.25, -0.2) is 0 Å². The van der Waals surface area contributed by atoms with Crippen molar-refractivity contribution >= 4 is 15.9 Å². The molecule has 1 aliphatic rings. The third kappa shape index (κ3) is 4.14.